The average Bonchev–Trinajstić information content (AvgIpc) is 2.39. The molecular weight excluding hydrogens is 242 g/mol. The molecule has 0 aliphatic rings. The number of amides is 1. The topological polar surface area (TPSA) is 55.4 Å². The molecule has 102 valence electrons. The molecule has 4 heteroatoms. The molecule has 19 heavy (non-hydrogen) atoms. The Morgan fingerprint density at radius 3 is 2.63 bits per heavy atom. The molecule has 1 N–H and O–H groups in total. The first-order valence-corrected chi connectivity index (χ1v) is 6.32. The fourth-order valence-electron chi connectivity index (χ4n) is 1.70. The van der Waals surface area contributed by atoms with Gasteiger partial charge in [0.25, 0.3) is 0 Å². The van der Waals surface area contributed by atoms with Crippen LogP contribution < -0.4 is 5.32 Å². The molecule has 0 fully saturated rings. The van der Waals surface area contributed by atoms with Crippen LogP contribution in [0, 0.1) is 6.92 Å². The van der Waals surface area contributed by atoms with E-state index in [0.717, 1.165) is 29.3 Å². The lowest BCUT2D eigenvalue weighted by Gasteiger charge is -2.11. The predicted molar refractivity (Wildman–Crippen MR) is 75.0 cm³/mol. The highest BCUT2D eigenvalue weighted by Gasteiger charge is 2.06. The van der Waals surface area contributed by atoms with E-state index < -0.39 is 5.97 Å². The third-order valence-corrected chi connectivity index (χ3v) is 2.65. The van der Waals surface area contributed by atoms with Gasteiger partial charge in [-0.2, -0.15) is 0 Å². The third kappa shape index (κ3) is 4.58. The summed E-state index contributed by atoms with van der Waals surface area (Å²) in [4.78, 5) is 22.8. The van der Waals surface area contributed by atoms with Crippen LogP contribution in [0.2, 0.25) is 0 Å². The monoisotopic (exact) mass is 261 g/mol. The molecule has 4 nitrogen and oxygen atoms in total. The molecule has 1 amide bonds. The van der Waals surface area contributed by atoms with Gasteiger partial charge in [0.1, 0.15) is 0 Å². The summed E-state index contributed by atoms with van der Waals surface area (Å²) in [7, 11) is 0. The van der Waals surface area contributed by atoms with Gasteiger partial charge >= 0.3 is 5.97 Å². The zero-order chi connectivity index (χ0) is 14.3. The lowest BCUT2D eigenvalue weighted by molar-refractivity contribution is -0.137. The quantitative estimate of drug-likeness (QED) is 0.654. The molecule has 0 saturated carbocycles. The molecule has 0 unspecified atom stereocenters. The average molecular weight is 261 g/mol. The van der Waals surface area contributed by atoms with Gasteiger partial charge in [-0.3, -0.25) is 4.79 Å². The molecular formula is C15H19NO3. The molecule has 0 aliphatic carbocycles. The van der Waals surface area contributed by atoms with Gasteiger partial charge in [-0.25, -0.2) is 4.79 Å². The van der Waals surface area contributed by atoms with E-state index >= 15 is 0 Å². The number of anilines is 1. The Labute approximate surface area is 113 Å². The van der Waals surface area contributed by atoms with E-state index in [-0.39, 0.29) is 5.91 Å². The first kappa shape index (κ1) is 15.0. The van der Waals surface area contributed by atoms with Crippen molar-refractivity contribution in [3.63, 3.8) is 0 Å². The summed E-state index contributed by atoms with van der Waals surface area (Å²) in [5.74, 6) is -0.852. The Balaban J connectivity index is 2.75. The number of para-hydroxylation sites is 1. The highest BCUT2D eigenvalue weighted by molar-refractivity contribution is 6.03. The van der Waals surface area contributed by atoms with Crippen LogP contribution in [-0.4, -0.2) is 18.5 Å². The van der Waals surface area contributed by atoms with Gasteiger partial charge < -0.3 is 10.1 Å². The Hall–Kier alpha value is -2.10. The highest BCUT2D eigenvalue weighted by Crippen LogP contribution is 2.20. The Bertz CT molecular complexity index is 492. The van der Waals surface area contributed by atoms with E-state index in [1.54, 1.807) is 6.92 Å². The zero-order valence-electron chi connectivity index (χ0n) is 11.5. The second-order valence-electron chi connectivity index (χ2n) is 4.04. The van der Waals surface area contributed by atoms with Gasteiger partial charge in [-0.05, 0) is 31.4 Å². The first-order valence-electron chi connectivity index (χ1n) is 6.32. The van der Waals surface area contributed by atoms with E-state index in [1.165, 1.54) is 6.08 Å². The van der Waals surface area contributed by atoms with Crippen molar-refractivity contribution in [2.24, 2.45) is 0 Å². The van der Waals surface area contributed by atoms with Gasteiger partial charge in [0.15, 0.2) is 0 Å². The second kappa shape index (κ2) is 7.36. The molecule has 0 bridgehead atoms. The summed E-state index contributed by atoms with van der Waals surface area (Å²) in [5.41, 5.74) is 2.87. The predicted octanol–water partition coefficient (Wildman–Crippen LogP) is 2.62. The second-order valence-corrected chi connectivity index (χ2v) is 4.04. The molecule has 0 radical (unpaired) electrons. The van der Waals surface area contributed by atoms with Crippen LogP contribution in [0.3, 0.4) is 0 Å². The number of carbonyl (C=O) groups is 2. The Morgan fingerprint density at radius 2 is 2.00 bits per heavy atom. The van der Waals surface area contributed by atoms with Crippen LogP contribution in [0.4, 0.5) is 5.69 Å². The van der Waals surface area contributed by atoms with Crippen molar-refractivity contribution in [2.45, 2.75) is 27.2 Å². The number of hydrogen-bond donors (Lipinski definition) is 1. The number of ether oxygens (including phenoxy) is 1. The first-order chi connectivity index (χ1) is 9.08. The number of hydrogen-bond acceptors (Lipinski definition) is 3. The maximum Gasteiger partial charge on any atom is 0.330 e. The SMILES string of the molecule is CCOC(=O)C=CC(=O)Nc1c(C)cccc1CC. The molecule has 0 saturated heterocycles. The lowest BCUT2D eigenvalue weighted by atomic mass is 10.1. The summed E-state index contributed by atoms with van der Waals surface area (Å²) >= 11 is 0. The minimum atomic E-state index is -0.516. The number of rotatable bonds is 5. The van der Waals surface area contributed by atoms with E-state index in [1.807, 2.05) is 32.0 Å². The summed E-state index contributed by atoms with van der Waals surface area (Å²) in [6.45, 7) is 5.97. The normalized spacial score (nSPS) is 10.5. The molecule has 1 aromatic rings. The van der Waals surface area contributed by atoms with Crippen LogP contribution in [0.5, 0.6) is 0 Å². The third-order valence-electron chi connectivity index (χ3n) is 2.65. The maximum absolute atomic E-state index is 11.7. The molecule has 0 heterocycles. The van der Waals surface area contributed by atoms with Crippen LogP contribution in [0.25, 0.3) is 0 Å². The van der Waals surface area contributed by atoms with Crippen molar-refractivity contribution in [1.82, 2.24) is 0 Å². The summed E-state index contributed by atoms with van der Waals surface area (Å²) in [6.07, 6.45) is 3.14. The van der Waals surface area contributed by atoms with Crippen molar-refractivity contribution in [3.05, 3.63) is 41.5 Å². The number of aryl methyl sites for hydroxylation is 2. The van der Waals surface area contributed by atoms with E-state index in [0.29, 0.717) is 6.61 Å². The van der Waals surface area contributed by atoms with Gasteiger partial charge in [-0.15, -0.1) is 0 Å². The summed E-state index contributed by atoms with van der Waals surface area (Å²) < 4.78 is 4.71. The molecule has 0 spiro atoms. The van der Waals surface area contributed by atoms with Crippen LogP contribution in [0.1, 0.15) is 25.0 Å². The van der Waals surface area contributed by atoms with Gasteiger partial charge in [0.2, 0.25) is 5.91 Å². The van der Waals surface area contributed by atoms with Gasteiger partial charge in [0.05, 0.1) is 6.61 Å². The summed E-state index contributed by atoms with van der Waals surface area (Å²) in [5, 5.41) is 2.79. The van der Waals surface area contributed by atoms with Crippen molar-refractivity contribution in [3.8, 4) is 0 Å². The largest absolute Gasteiger partial charge is 0.463 e. The van der Waals surface area contributed by atoms with E-state index in [2.05, 4.69) is 5.32 Å². The van der Waals surface area contributed by atoms with E-state index in [4.69, 9.17) is 4.74 Å². The van der Waals surface area contributed by atoms with Crippen LogP contribution in [-0.2, 0) is 20.7 Å². The fourth-order valence-corrected chi connectivity index (χ4v) is 1.70. The summed E-state index contributed by atoms with van der Waals surface area (Å²) in [6, 6.07) is 5.86. The number of carbonyl (C=O) groups excluding carboxylic acids is 2. The standard InChI is InChI=1S/C15H19NO3/c1-4-12-8-6-7-11(3)15(12)16-13(17)9-10-14(18)19-5-2/h6-10H,4-5H2,1-3H3,(H,16,17). The minimum Gasteiger partial charge on any atom is -0.463 e. The van der Waals surface area contributed by atoms with Crippen molar-refractivity contribution >= 4 is 17.6 Å². The smallest absolute Gasteiger partial charge is 0.330 e. The molecule has 1 rings (SSSR count). The Kier molecular flexibility index (Phi) is 5.79. The van der Waals surface area contributed by atoms with Crippen molar-refractivity contribution < 1.29 is 14.3 Å². The zero-order valence-corrected chi connectivity index (χ0v) is 11.5. The molecule has 0 atom stereocenters. The Morgan fingerprint density at radius 1 is 1.26 bits per heavy atom. The number of benzene rings is 1. The van der Waals surface area contributed by atoms with Gasteiger partial charge in [0, 0.05) is 17.8 Å². The lowest BCUT2D eigenvalue weighted by Crippen LogP contribution is -2.12. The molecule has 0 aromatic heterocycles. The van der Waals surface area contributed by atoms with Crippen LogP contribution >= 0.6 is 0 Å². The molecule has 1 aromatic carbocycles. The number of nitrogens with one attached hydrogen (secondary N) is 1. The fraction of sp³-hybridized carbons (Fsp3) is 0.333. The minimum absolute atomic E-state index is 0.294. The van der Waals surface area contributed by atoms with Gasteiger partial charge in [-0.1, -0.05) is 25.1 Å². The van der Waals surface area contributed by atoms with E-state index in [9.17, 15) is 9.59 Å². The maximum atomic E-state index is 11.7. The van der Waals surface area contributed by atoms with Crippen molar-refractivity contribution in [1.29, 1.82) is 0 Å². The van der Waals surface area contributed by atoms with Crippen LogP contribution in [0.15, 0.2) is 30.4 Å². The highest BCUT2D eigenvalue weighted by atomic mass is 16.5. The van der Waals surface area contributed by atoms with Crippen molar-refractivity contribution in [2.75, 3.05) is 11.9 Å². The number of esters is 1. The molecule has 0 aliphatic heterocycles.